The summed E-state index contributed by atoms with van der Waals surface area (Å²) in [5.74, 6) is 0.901. The summed E-state index contributed by atoms with van der Waals surface area (Å²) in [6, 6.07) is 4.88. The number of nitrogens with one attached hydrogen (secondary N) is 1. The molecule has 0 bridgehead atoms. The van der Waals surface area contributed by atoms with Crippen molar-refractivity contribution in [3.8, 4) is 5.75 Å². The van der Waals surface area contributed by atoms with Gasteiger partial charge in [-0.05, 0) is 32.0 Å². The van der Waals surface area contributed by atoms with Crippen LogP contribution < -0.4 is 10.1 Å². The fraction of sp³-hybridized carbons (Fsp3) is 0.286. The molecule has 1 aromatic heterocycles. The minimum atomic E-state index is -0.237. The number of hydrogen-bond donors (Lipinski definition) is 1. The van der Waals surface area contributed by atoms with Crippen molar-refractivity contribution in [3.05, 3.63) is 45.8 Å². The normalized spacial score (nSPS) is 10.4. The standard InChI is InChI=1S/C14H15ClN2O3/c1-8-12(9(2)20-17-8)7-16-14(18)11-5-4-10(15)6-13(11)19-3/h4-6H,7H2,1-3H3,(H,16,18). The topological polar surface area (TPSA) is 64.4 Å². The van der Waals surface area contributed by atoms with E-state index in [1.54, 1.807) is 18.2 Å². The van der Waals surface area contributed by atoms with E-state index in [9.17, 15) is 4.79 Å². The van der Waals surface area contributed by atoms with Gasteiger partial charge in [-0.3, -0.25) is 4.79 Å². The van der Waals surface area contributed by atoms with E-state index in [1.165, 1.54) is 7.11 Å². The maximum atomic E-state index is 12.2. The Hall–Kier alpha value is -2.01. The van der Waals surface area contributed by atoms with Crippen molar-refractivity contribution in [2.24, 2.45) is 0 Å². The Balaban J connectivity index is 2.13. The van der Waals surface area contributed by atoms with Gasteiger partial charge in [0.25, 0.3) is 5.91 Å². The molecule has 0 saturated heterocycles. The molecule has 1 heterocycles. The first kappa shape index (κ1) is 14.4. The van der Waals surface area contributed by atoms with E-state index in [0.717, 1.165) is 11.3 Å². The SMILES string of the molecule is COc1cc(Cl)ccc1C(=O)NCc1c(C)noc1C. The van der Waals surface area contributed by atoms with Gasteiger partial charge in [0.2, 0.25) is 0 Å². The first-order chi connectivity index (χ1) is 9.52. The average Bonchev–Trinajstić information content (AvgIpc) is 2.75. The molecule has 0 radical (unpaired) electrons. The fourth-order valence-corrected chi connectivity index (χ4v) is 2.03. The van der Waals surface area contributed by atoms with E-state index in [2.05, 4.69) is 10.5 Å². The highest BCUT2D eigenvalue weighted by Crippen LogP contribution is 2.23. The Labute approximate surface area is 121 Å². The van der Waals surface area contributed by atoms with Crippen LogP contribution >= 0.6 is 11.6 Å². The smallest absolute Gasteiger partial charge is 0.255 e. The van der Waals surface area contributed by atoms with Crippen LogP contribution in [0.15, 0.2) is 22.7 Å². The van der Waals surface area contributed by atoms with E-state index in [-0.39, 0.29) is 5.91 Å². The van der Waals surface area contributed by atoms with E-state index in [0.29, 0.717) is 28.6 Å². The number of methoxy groups -OCH3 is 1. The summed E-state index contributed by atoms with van der Waals surface area (Å²) in [5, 5.41) is 7.18. The van der Waals surface area contributed by atoms with Crippen molar-refractivity contribution in [1.82, 2.24) is 10.5 Å². The molecule has 2 aromatic rings. The number of aryl methyl sites for hydroxylation is 2. The van der Waals surface area contributed by atoms with Gasteiger partial charge >= 0.3 is 0 Å². The maximum Gasteiger partial charge on any atom is 0.255 e. The van der Waals surface area contributed by atoms with Gasteiger partial charge in [-0.1, -0.05) is 16.8 Å². The van der Waals surface area contributed by atoms with Gasteiger partial charge in [-0.15, -0.1) is 0 Å². The predicted octanol–water partition coefficient (Wildman–Crippen LogP) is 2.88. The molecule has 0 unspecified atom stereocenters. The lowest BCUT2D eigenvalue weighted by Crippen LogP contribution is -2.23. The Morgan fingerprint density at radius 1 is 1.45 bits per heavy atom. The minimum absolute atomic E-state index is 0.237. The van der Waals surface area contributed by atoms with E-state index in [4.69, 9.17) is 20.9 Å². The number of carbonyl (C=O) groups excluding carboxylic acids is 1. The summed E-state index contributed by atoms with van der Waals surface area (Å²) in [7, 11) is 1.50. The zero-order valence-electron chi connectivity index (χ0n) is 11.5. The molecule has 106 valence electrons. The Morgan fingerprint density at radius 2 is 2.20 bits per heavy atom. The number of amides is 1. The molecule has 2 rings (SSSR count). The second-order valence-corrected chi connectivity index (χ2v) is 4.77. The van der Waals surface area contributed by atoms with Gasteiger partial charge in [0.1, 0.15) is 11.5 Å². The molecular formula is C14H15ClN2O3. The van der Waals surface area contributed by atoms with Crippen molar-refractivity contribution in [3.63, 3.8) is 0 Å². The van der Waals surface area contributed by atoms with Crippen LogP contribution in [0.25, 0.3) is 0 Å². The van der Waals surface area contributed by atoms with Gasteiger partial charge in [0.05, 0.1) is 18.4 Å². The molecule has 1 N–H and O–H groups in total. The third kappa shape index (κ3) is 2.93. The lowest BCUT2D eigenvalue weighted by molar-refractivity contribution is 0.0948. The molecule has 0 aliphatic heterocycles. The van der Waals surface area contributed by atoms with Crippen LogP contribution in [0.3, 0.4) is 0 Å². The molecule has 5 nitrogen and oxygen atoms in total. The second-order valence-electron chi connectivity index (χ2n) is 4.33. The quantitative estimate of drug-likeness (QED) is 0.941. The summed E-state index contributed by atoms with van der Waals surface area (Å²) in [6.45, 7) is 4.00. The number of aromatic nitrogens is 1. The Kier molecular flexibility index (Phi) is 4.29. The molecule has 0 saturated carbocycles. The third-order valence-corrected chi connectivity index (χ3v) is 3.25. The predicted molar refractivity (Wildman–Crippen MR) is 75.2 cm³/mol. The summed E-state index contributed by atoms with van der Waals surface area (Å²) >= 11 is 5.87. The molecule has 1 aromatic carbocycles. The van der Waals surface area contributed by atoms with Crippen molar-refractivity contribution in [2.45, 2.75) is 20.4 Å². The average molecular weight is 295 g/mol. The highest BCUT2D eigenvalue weighted by Gasteiger charge is 2.15. The fourth-order valence-electron chi connectivity index (χ4n) is 1.87. The molecule has 0 spiro atoms. The molecule has 20 heavy (non-hydrogen) atoms. The molecular weight excluding hydrogens is 280 g/mol. The summed E-state index contributed by atoms with van der Waals surface area (Å²) < 4.78 is 10.2. The highest BCUT2D eigenvalue weighted by atomic mass is 35.5. The molecule has 0 aliphatic carbocycles. The largest absolute Gasteiger partial charge is 0.496 e. The summed E-state index contributed by atoms with van der Waals surface area (Å²) in [5.41, 5.74) is 2.08. The van der Waals surface area contributed by atoms with Crippen LogP contribution in [-0.2, 0) is 6.54 Å². The third-order valence-electron chi connectivity index (χ3n) is 3.02. The highest BCUT2D eigenvalue weighted by molar-refractivity contribution is 6.30. The van der Waals surface area contributed by atoms with Crippen molar-refractivity contribution in [1.29, 1.82) is 0 Å². The van der Waals surface area contributed by atoms with Crippen LogP contribution in [0.2, 0.25) is 5.02 Å². The maximum absolute atomic E-state index is 12.2. The van der Waals surface area contributed by atoms with Gasteiger partial charge in [-0.25, -0.2) is 0 Å². The zero-order chi connectivity index (χ0) is 14.7. The number of ether oxygens (including phenoxy) is 1. The van der Waals surface area contributed by atoms with E-state index in [1.807, 2.05) is 13.8 Å². The van der Waals surface area contributed by atoms with Gasteiger partial charge in [-0.2, -0.15) is 0 Å². The molecule has 0 aliphatic rings. The van der Waals surface area contributed by atoms with Gasteiger partial charge in [0.15, 0.2) is 0 Å². The summed E-state index contributed by atoms with van der Waals surface area (Å²) in [6.07, 6.45) is 0. The lowest BCUT2D eigenvalue weighted by atomic mass is 10.1. The minimum Gasteiger partial charge on any atom is -0.496 e. The molecule has 0 atom stereocenters. The van der Waals surface area contributed by atoms with Crippen LogP contribution in [0.4, 0.5) is 0 Å². The first-order valence-electron chi connectivity index (χ1n) is 6.06. The van der Waals surface area contributed by atoms with Gasteiger partial charge in [0, 0.05) is 17.1 Å². The van der Waals surface area contributed by atoms with Crippen molar-refractivity contribution < 1.29 is 14.1 Å². The molecule has 1 amide bonds. The van der Waals surface area contributed by atoms with Crippen molar-refractivity contribution >= 4 is 17.5 Å². The number of halogens is 1. The number of nitrogens with zero attached hydrogens (tertiary/aromatic N) is 1. The molecule has 0 fully saturated rings. The summed E-state index contributed by atoms with van der Waals surface area (Å²) in [4.78, 5) is 12.2. The Bertz CT molecular complexity index is 618. The number of benzene rings is 1. The zero-order valence-corrected chi connectivity index (χ0v) is 12.2. The Morgan fingerprint density at radius 3 is 2.80 bits per heavy atom. The number of carbonyl (C=O) groups is 1. The second kappa shape index (κ2) is 5.96. The van der Waals surface area contributed by atoms with Crippen molar-refractivity contribution in [2.75, 3.05) is 7.11 Å². The number of rotatable bonds is 4. The lowest BCUT2D eigenvalue weighted by Gasteiger charge is -2.09. The van der Waals surface area contributed by atoms with Crippen LogP contribution in [0.5, 0.6) is 5.75 Å². The molecule has 6 heteroatoms. The van der Waals surface area contributed by atoms with Gasteiger partial charge < -0.3 is 14.6 Å². The first-order valence-corrected chi connectivity index (χ1v) is 6.44. The number of hydrogen-bond acceptors (Lipinski definition) is 4. The van der Waals surface area contributed by atoms with Crippen LogP contribution in [0.1, 0.15) is 27.4 Å². The van der Waals surface area contributed by atoms with E-state index < -0.39 is 0 Å². The van der Waals surface area contributed by atoms with E-state index >= 15 is 0 Å². The monoisotopic (exact) mass is 294 g/mol. The van der Waals surface area contributed by atoms with Crippen LogP contribution in [-0.4, -0.2) is 18.2 Å². The van der Waals surface area contributed by atoms with Crippen LogP contribution in [0, 0.1) is 13.8 Å².